The highest BCUT2D eigenvalue weighted by molar-refractivity contribution is 8.16. The number of benzene rings is 3. The van der Waals surface area contributed by atoms with E-state index < -0.39 is 11.2 Å². The minimum Gasteiger partial charge on any atom is -0.365 e. The van der Waals surface area contributed by atoms with Gasteiger partial charge in [-0.1, -0.05) is 36.4 Å². The average Bonchev–Trinajstić information content (AvgIpc) is 2.90. The van der Waals surface area contributed by atoms with E-state index in [0.717, 1.165) is 33.1 Å². The maximum Gasteiger partial charge on any atom is 0.295 e. The Balaban J connectivity index is 1.63. The van der Waals surface area contributed by atoms with E-state index in [1.807, 2.05) is 42.5 Å². The van der Waals surface area contributed by atoms with E-state index in [9.17, 15) is 14.0 Å². The molecule has 1 N–H and O–H groups in total. The van der Waals surface area contributed by atoms with Gasteiger partial charge in [-0.15, -0.1) is 0 Å². The van der Waals surface area contributed by atoms with Gasteiger partial charge < -0.3 is 5.32 Å². The van der Waals surface area contributed by atoms with E-state index in [1.165, 1.54) is 24.3 Å². The second-order valence-electron chi connectivity index (χ2n) is 5.58. The molecule has 3 aromatic rings. The second kappa shape index (κ2) is 6.22. The zero-order valence-corrected chi connectivity index (χ0v) is 13.8. The van der Waals surface area contributed by atoms with Gasteiger partial charge in [0.05, 0.1) is 5.69 Å². The predicted molar refractivity (Wildman–Crippen MR) is 98.2 cm³/mol. The molecule has 1 saturated heterocycles. The number of hydrogen-bond acceptors (Lipinski definition) is 4. The summed E-state index contributed by atoms with van der Waals surface area (Å²) in [6.07, 6.45) is 0. The molecule has 1 atom stereocenters. The van der Waals surface area contributed by atoms with Crippen LogP contribution in [-0.2, 0) is 4.79 Å². The van der Waals surface area contributed by atoms with Crippen LogP contribution < -0.4 is 10.2 Å². The summed E-state index contributed by atoms with van der Waals surface area (Å²) in [7, 11) is 0. The summed E-state index contributed by atoms with van der Waals surface area (Å²) < 4.78 is 13.1. The number of halogens is 1. The Bertz CT molecular complexity index is 969. The number of thioether (sulfide) groups is 1. The number of fused-ring (bicyclic) bond motifs is 1. The summed E-state index contributed by atoms with van der Waals surface area (Å²) in [6, 6.07) is 18.9. The number of amides is 2. The molecule has 2 amide bonds. The molecule has 3 aromatic carbocycles. The monoisotopic (exact) mass is 352 g/mol. The third kappa shape index (κ3) is 2.85. The summed E-state index contributed by atoms with van der Waals surface area (Å²) in [5, 5.41) is 4.08. The number of carbonyl (C=O) groups is 2. The van der Waals surface area contributed by atoms with E-state index in [0.29, 0.717) is 5.69 Å². The summed E-state index contributed by atoms with van der Waals surface area (Å²) in [5.41, 5.74) is 1.16. The number of nitrogens with one attached hydrogen (secondary N) is 1. The van der Waals surface area contributed by atoms with Gasteiger partial charge in [-0.05, 0) is 47.5 Å². The molecule has 1 aliphatic rings. The molecular formula is C19H13FN2O2S. The Morgan fingerprint density at radius 2 is 1.64 bits per heavy atom. The molecule has 4 nitrogen and oxygen atoms in total. The molecule has 0 radical (unpaired) electrons. The fourth-order valence-electron chi connectivity index (χ4n) is 2.82. The van der Waals surface area contributed by atoms with Crippen LogP contribution in [0.1, 0.15) is 0 Å². The van der Waals surface area contributed by atoms with Gasteiger partial charge in [-0.3, -0.25) is 9.59 Å². The van der Waals surface area contributed by atoms with E-state index in [2.05, 4.69) is 5.32 Å². The van der Waals surface area contributed by atoms with Crippen LogP contribution in [0.2, 0.25) is 0 Å². The highest BCUT2D eigenvalue weighted by Gasteiger charge is 2.40. The Morgan fingerprint density at radius 1 is 0.920 bits per heavy atom. The van der Waals surface area contributed by atoms with Crippen molar-refractivity contribution in [2.45, 2.75) is 5.37 Å². The summed E-state index contributed by atoms with van der Waals surface area (Å²) in [6.45, 7) is 0. The third-order valence-corrected chi connectivity index (χ3v) is 4.95. The second-order valence-corrected chi connectivity index (χ2v) is 6.64. The first-order valence-corrected chi connectivity index (χ1v) is 8.56. The number of hydrogen-bond donors (Lipinski definition) is 1. The molecule has 124 valence electrons. The Kier molecular flexibility index (Phi) is 3.89. The van der Waals surface area contributed by atoms with Crippen molar-refractivity contribution in [1.29, 1.82) is 0 Å². The Hall–Kier alpha value is -2.86. The zero-order valence-electron chi connectivity index (χ0n) is 13.0. The lowest BCUT2D eigenvalue weighted by atomic mass is 10.1. The molecule has 1 aliphatic heterocycles. The van der Waals surface area contributed by atoms with Gasteiger partial charge in [0.25, 0.3) is 11.1 Å². The van der Waals surface area contributed by atoms with Gasteiger partial charge in [-0.2, -0.15) is 0 Å². The number of imide groups is 1. The zero-order chi connectivity index (χ0) is 17.4. The average molecular weight is 352 g/mol. The van der Waals surface area contributed by atoms with Crippen LogP contribution in [-0.4, -0.2) is 16.5 Å². The number of anilines is 2. The quantitative estimate of drug-likeness (QED) is 0.747. The number of nitrogens with zero attached hydrogens (tertiary/aromatic N) is 1. The first kappa shape index (κ1) is 15.7. The smallest absolute Gasteiger partial charge is 0.295 e. The highest BCUT2D eigenvalue weighted by atomic mass is 32.2. The van der Waals surface area contributed by atoms with Crippen molar-refractivity contribution in [3.63, 3.8) is 0 Å². The predicted octanol–water partition coefficient (Wildman–Crippen LogP) is 4.62. The Labute approximate surface area is 147 Å². The lowest BCUT2D eigenvalue weighted by molar-refractivity contribution is -0.116. The molecule has 0 saturated carbocycles. The summed E-state index contributed by atoms with van der Waals surface area (Å²) >= 11 is 0.917. The van der Waals surface area contributed by atoms with Crippen LogP contribution in [0.5, 0.6) is 0 Å². The topological polar surface area (TPSA) is 49.4 Å². The fourth-order valence-corrected chi connectivity index (χ4v) is 3.71. The van der Waals surface area contributed by atoms with Gasteiger partial charge >= 0.3 is 0 Å². The van der Waals surface area contributed by atoms with Crippen molar-refractivity contribution in [1.82, 2.24) is 0 Å². The third-order valence-electron chi connectivity index (χ3n) is 4.01. The minimum absolute atomic E-state index is 0.366. The molecule has 0 spiro atoms. The summed E-state index contributed by atoms with van der Waals surface area (Å²) in [4.78, 5) is 26.0. The van der Waals surface area contributed by atoms with Crippen LogP contribution in [0.4, 0.5) is 20.6 Å². The molecule has 6 heteroatoms. The van der Waals surface area contributed by atoms with Crippen molar-refractivity contribution in [2.24, 2.45) is 0 Å². The first-order chi connectivity index (χ1) is 12.1. The van der Waals surface area contributed by atoms with Crippen molar-refractivity contribution in [2.75, 3.05) is 10.2 Å². The van der Waals surface area contributed by atoms with Gasteiger partial charge in [0.15, 0.2) is 5.37 Å². The maximum atomic E-state index is 13.1. The molecule has 0 aliphatic carbocycles. The first-order valence-electron chi connectivity index (χ1n) is 7.68. The SMILES string of the molecule is O=C1SC(Nc2cccc3ccccc23)C(=O)N1c1ccc(F)cc1. The fraction of sp³-hybridized carbons (Fsp3) is 0.0526. The van der Waals surface area contributed by atoms with Crippen LogP contribution in [0.3, 0.4) is 0 Å². The van der Waals surface area contributed by atoms with Gasteiger partial charge in [0, 0.05) is 11.1 Å². The van der Waals surface area contributed by atoms with E-state index in [1.54, 1.807) is 0 Å². The largest absolute Gasteiger partial charge is 0.365 e. The molecule has 1 heterocycles. The summed E-state index contributed by atoms with van der Waals surface area (Å²) in [5.74, 6) is -0.782. The van der Waals surface area contributed by atoms with Crippen LogP contribution in [0.25, 0.3) is 10.8 Å². The van der Waals surface area contributed by atoms with E-state index >= 15 is 0 Å². The number of rotatable bonds is 3. The lowest BCUT2D eigenvalue weighted by Crippen LogP contribution is -2.34. The minimum atomic E-state index is -0.719. The van der Waals surface area contributed by atoms with Crippen molar-refractivity contribution in [3.05, 3.63) is 72.5 Å². The van der Waals surface area contributed by atoms with Crippen LogP contribution in [0, 0.1) is 5.82 Å². The standard InChI is InChI=1S/C19H13FN2O2S/c20-13-8-10-14(11-9-13)22-18(23)17(25-19(22)24)21-16-7-3-5-12-4-1-2-6-15(12)16/h1-11,17,21H. The van der Waals surface area contributed by atoms with Gasteiger partial charge in [0.1, 0.15) is 5.82 Å². The van der Waals surface area contributed by atoms with Crippen LogP contribution in [0.15, 0.2) is 66.7 Å². The normalized spacial score (nSPS) is 17.3. The number of carbonyl (C=O) groups excluding carboxylic acids is 2. The molecule has 1 fully saturated rings. The molecule has 0 aromatic heterocycles. The molecule has 0 bridgehead atoms. The van der Waals surface area contributed by atoms with Crippen molar-refractivity contribution >= 4 is 45.1 Å². The highest BCUT2D eigenvalue weighted by Crippen LogP contribution is 2.34. The van der Waals surface area contributed by atoms with Crippen molar-refractivity contribution < 1.29 is 14.0 Å². The van der Waals surface area contributed by atoms with Crippen molar-refractivity contribution in [3.8, 4) is 0 Å². The van der Waals surface area contributed by atoms with Crippen LogP contribution >= 0.6 is 11.8 Å². The Morgan fingerprint density at radius 3 is 2.44 bits per heavy atom. The molecule has 25 heavy (non-hydrogen) atoms. The van der Waals surface area contributed by atoms with Gasteiger partial charge in [-0.25, -0.2) is 9.29 Å². The maximum absolute atomic E-state index is 13.1. The van der Waals surface area contributed by atoms with Gasteiger partial charge in [0.2, 0.25) is 0 Å². The molecule has 1 unspecified atom stereocenters. The molecular weight excluding hydrogens is 339 g/mol. The molecule has 4 rings (SSSR count). The van der Waals surface area contributed by atoms with E-state index in [-0.39, 0.29) is 11.1 Å². The van der Waals surface area contributed by atoms with E-state index in [4.69, 9.17) is 0 Å². The lowest BCUT2D eigenvalue weighted by Gasteiger charge is -2.16.